The van der Waals surface area contributed by atoms with E-state index in [-0.39, 0.29) is 18.0 Å². The highest BCUT2D eigenvalue weighted by Crippen LogP contribution is 2.60. The van der Waals surface area contributed by atoms with Gasteiger partial charge in [-0.1, -0.05) is 12.1 Å². The Balaban J connectivity index is 1.70. The molecule has 2 aromatic carbocycles. The van der Waals surface area contributed by atoms with Crippen molar-refractivity contribution in [3.05, 3.63) is 64.7 Å². The molecule has 0 saturated carbocycles. The van der Waals surface area contributed by atoms with Crippen LogP contribution in [0.1, 0.15) is 44.7 Å². The largest absolute Gasteiger partial charge is 0.496 e. The van der Waals surface area contributed by atoms with Crippen LogP contribution in [0.15, 0.2) is 42.5 Å². The standard InChI is InChI=1S/C21H14O6/c1-24-14-5-6-16-19-17(14)13(23)8-10-21(19)25-15-4-2-3-11-12(22)7-9-20(26-16,27-21)18(11)15/h2-7,9H,8,10H2,1H3/t20-,21-/m1/s1. The molecule has 0 amide bonds. The maximum Gasteiger partial charge on any atom is 0.265 e. The summed E-state index contributed by atoms with van der Waals surface area (Å²) in [6.07, 6.45) is 3.72. The average Bonchev–Trinajstić information content (AvgIpc) is 2.68. The van der Waals surface area contributed by atoms with Crippen molar-refractivity contribution in [3.8, 4) is 17.2 Å². The molecule has 2 aliphatic carbocycles. The van der Waals surface area contributed by atoms with Crippen molar-refractivity contribution in [2.24, 2.45) is 0 Å². The number of carbonyl (C=O) groups is 2. The van der Waals surface area contributed by atoms with Gasteiger partial charge in [-0.25, -0.2) is 0 Å². The molecule has 2 spiro atoms. The van der Waals surface area contributed by atoms with Crippen LogP contribution < -0.4 is 14.2 Å². The van der Waals surface area contributed by atoms with Gasteiger partial charge in [0.15, 0.2) is 11.6 Å². The summed E-state index contributed by atoms with van der Waals surface area (Å²) in [6.45, 7) is 0. The average molecular weight is 362 g/mol. The van der Waals surface area contributed by atoms with E-state index in [0.29, 0.717) is 45.9 Å². The van der Waals surface area contributed by atoms with Crippen LogP contribution in [0, 0.1) is 0 Å². The fourth-order valence-electron chi connectivity index (χ4n) is 4.54. The van der Waals surface area contributed by atoms with E-state index in [2.05, 4.69) is 0 Å². The number of allylic oxidation sites excluding steroid dienone is 1. The van der Waals surface area contributed by atoms with Gasteiger partial charge in [-0.15, -0.1) is 0 Å². The van der Waals surface area contributed by atoms with Crippen LogP contribution in [0.2, 0.25) is 0 Å². The summed E-state index contributed by atoms with van der Waals surface area (Å²) in [7, 11) is 1.53. The van der Waals surface area contributed by atoms with Crippen LogP contribution >= 0.6 is 0 Å². The number of ether oxygens (including phenoxy) is 4. The summed E-state index contributed by atoms with van der Waals surface area (Å²) in [5, 5.41) is 0. The highest BCUT2D eigenvalue weighted by Gasteiger charge is 2.61. The maximum absolute atomic E-state index is 12.7. The number of hydrogen-bond acceptors (Lipinski definition) is 6. The molecule has 2 atom stereocenters. The minimum atomic E-state index is -1.25. The fourth-order valence-corrected chi connectivity index (χ4v) is 4.54. The van der Waals surface area contributed by atoms with E-state index in [0.717, 1.165) is 0 Å². The first-order valence-corrected chi connectivity index (χ1v) is 8.77. The number of carbonyl (C=O) groups excluding carboxylic acids is 2. The van der Waals surface area contributed by atoms with Gasteiger partial charge in [0.25, 0.3) is 5.79 Å². The van der Waals surface area contributed by atoms with E-state index < -0.39 is 11.6 Å². The van der Waals surface area contributed by atoms with Gasteiger partial charge in [0.1, 0.15) is 17.2 Å². The maximum atomic E-state index is 12.7. The van der Waals surface area contributed by atoms with E-state index in [1.165, 1.54) is 13.2 Å². The molecule has 6 nitrogen and oxygen atoms in total. The summed E-state index contributed by atoms with van der Waals surface area (Å²) in [5.74, 6) is -1.06. The molecule has 0 unspecified atom stereocenters. The van der Waals surface area contributed by atoms with Crippen molar-refractivity contribution < 1.29 is 28.5 Å². The van der Waals surface area contributed by atoms with Gasteiger partial charge >= 0.3 is 0 Å². The summed E-state index contributed by atoms with van der Waals surface area (Å²) < 4.78 is 24.5. The molecule has 2 aromatic rings. The lowest BCUT2D eigenvalue weighted by atomic mass is 9.80. The normalized spacial score (nSPS) is 28.6. The fraction of sp³-hybridized carbons (Fsp3) is 0.238. The van der Waals surface area contributed by atoms with Gasteiger partial charge in [-0.3, -0.25) is 14.3 Å². The first-order valence-electron chi connectivity index (χ1n) is 8.77. The Morgan fingerprint density at radius 2 is 1.89 bits per heavy atom. The molecule has 0 fully saturated rings. The number of ketones is 2. The minimum Gasteiger partial charge on any atom is -0.496 e. The summed E-state index contributed by atoms with van der Waals surface area (Å²) >= 11 is 0. The molecule has 2 aliphatic heterocycles. The third-order valence-electron chi connectivity index (χ3n) is 5.64. The van der Waals surface area contributed by atoms with Crippen LogP contribution in [0.25, 0.3) is 0 Å². The SMILES string of the molecule is COc1ccc2c3c1C(=O)CC[C@]31Oc3cccc4c3[C@](C=CC4=O)(O2)O1. The zero-order valence-corrected chi connectivity index (χ0v) is 14.4. The Kier molecular flexibility index (Phi) is 2.54. The molecule has 4 aliphatic rings. The van der Waals surface area contributed by atoms with E-state index in [9.17, 15) is 9.59 Å². The molecule has 6 rings (SSSR count). The smallest absolute Gasteiger partial charge is 0.265 e. The zero-order valence-electron chi connectivity index (χ0n) is 14.4. The van der Waals surface area contributed by atoms with Crippen LogP contribution in [-0.2, 0) is 16.3 Å². The van der Waals surface area contributed by atoms with Gasteiger partial charge in [-0.2, -0.15) is 0 Å². The molecule has 0 aromatic heterocycles. The minimum absolute atomic E-state index is 0.0324. The molecule has 2 bridgehead atoms. The summed E-state index contributed by atoms with van der Waals surface area (Å²) in [4.78, 5) is 25.0. The Labute approximate surface area is 154 Å². The van der Waals surface area contributed by atoms with Crippen molar-refractivity contribution in [1.82, 2.24) is 0 Å². The van der Waals surface area contributed by atoms with Gasteiger partial charge < -0.3 is 14.2 Å². The summed E-state index contributed by atoms with van der Waals surface area (Å²) in [5.41, 5.74) is 2.06. The first kappa shape index (κ1) is 15.0. The highest BCUT2D eigenvalue weighted by atomic mass is 16.8. The Hall–Kier alpha value is -3.12. The molecule has 0 radical (unpaired) electrons. The van der Waals surface area contributed by atoms with E-state index in [1.54, 1.807) is 36.4 Å². The summed E-state index contributed by atoms with van der Waals surface area (Å²) in [6, 6.07) is 8.79. The number of rotatable bonds is 1. The lowest BCUT2D eigenvalue weighted by Crippen LogP contribution is -2.57. The molecular weight excluding hydrogens is 348 g/mol. The Bertz CT molecular complexity index is 1100. The molecule has 0 N–H and O–H groups in total. The van der Waals surface area contributed by atoms with Crippen LogP contribution in [0.5, 0.6) is 17.2 Å². The Morgan fingerprint density at radius 1 is 1.04 bits per heavy atom. The van der Waals surface area contributed by atoms with E-state index >= 15 is 0 Å². The molecule has 0 saturated heterocycles. The second-order valence-corrected chi connectivity index (χ2v) is 7.04. The monoisotopic (exact) mass is 362 g/mol. The van der Waals surface area contributed by atoms with Crippen molar-refractivity contribution in [2.45, 2.75) is 24.4 Å². The van der Waals surface area contributed by atoms with Crippen molar-refractivity contribution in [1.29, 1.82) is 0 Å². The topological polar surface area (TPSA) is 71.1 Å². The lowest BCUT2D eigenvalue weighted by Gasteiger charge is -2.53. The molecule has 134 valence electrons. The number of methoxy groups -OCH3 is 1. The van der Waals surface area contributed by atoms with Crippen molar-refractivity contribution >= 4 is 11.6 Å². The van der Waals surface area contributed by atoms with Crippen LogP contribution in [0.3, 0.4) is 0 Å². The van der Waals surface area contributed by atoms with E-state index in [4.69, 9.17) is 18.9 Å². The van der Waals surface area contributed by atoms with Gasteiger partial charge in [0.05, 0.1) is 23.8 Å². The predicted molar refractivity (Wildman–Crippen MR) is 92.2 cm³/mol. The predicted octanol–water partition coefficient (Wildman–Crippen LogP) is 3.23. The highest BCUT2D eigenvalue weighted by molar-refractivity contribution is 6.08. The van der Waals surface area contributed by atoms with Crippen LogP contribution in [0.4, 0.5) is 0 Å². The third-order valence-corrected chi connectivity index (χ3v) is 5.64. The zero-order chi connectivity index (χ0) is 18.4. The third kappa shape index (κ3) is 1.64. The van der Waals surface area contributed by atoms with E-state index in [1.807, 2.05) is 0 Å². The quantitative estimate of drug-likeness (QED) is 0.776. The Morgan fingerprint density at radius 3 is 2.74 bits per heavy atom. The molecule has 27 heavy (non-hydrogen) atoms. The number of Topliss-reactive ketones (excluding diaryl/α,β-unsaturated/α-hetero) is 1. The van der Waals surface area contributed by atoms with Crippen LogP contribution in [-0.4, -0.2) is 18.7 Å². The first-order chi connectivity index (χ1) is 13.1. The van der Waals surface area contributed by atoms with Gasteiger partial charge in [0, 0.05) is 18.4 Å². The second-order valence-electron chi connectivity index (χ2n) is 7.04. The molecule has 2 heterocycles. The number of benzene rings is 2. The van der Waals surface area contributed by atoms with Crippen molar-refractivity contribution in [2.75, 3.05) is 7.11 Å². The molecular formula is C21H14O6. The van der Waals surface area contributed by atoms with Gasteiger partial charge in [0.2, 0.25) is 5.79 Å². The van der Waals surface area contributed by atoms with Gasteiger partial charge in [-0.05, 0) is 30.4 Å². The second kappa shape index (κ2) is 4.58. The molecule has 6 heteroatoms. The van der Waals surface area contributed by atoms with Crippen molar-refractivity contribution in [3.63, 3.8) is 0 Å². The lowest BCUT2D eigenvalue weighted by molar-refractivity contribution is -0.341. The number of hydrogen-bond donors (Lipinski definition) is 0.